The summed E-state index contributed by atoms with van der Waals surface area (Å²) in [7, 11) is 3.22. The van der Waals surface area contributed by atoms with Gasteiger partial charge in [-0.25, -0.2) is 4.79 Å². The van der Waals surface area contributed by atoms with E-state index in [0.29, 0.717) is 17.0 Å². The van der Waals surface area contributed by atoms with Gasteiger partial charge in [-0.15, -0.1) is 0 Å². The molecule has 1 rings (SSSR count). The fourth-order valence-electron chi connectivity index (χ4n) is 1.99. The molecule has 0 spiro atoms. The number of hydrogen-bond acceptors (Lipinski definition) is 4. The molecule has 0 radical (unpaired) electrons. The van der Waals surface area contributed by atoms with Crippen LogP contribution >= 0.6 is 0 Å². The quantitative estimate of drug-likeness (QED) is 0.838. The van der Waals surface area contributed by atoms with Gasteiger partial charge < -0.3 is 10.0 Å². The van der Waals surface area contributed by atoms with Gasteiger partial charge in [0.05, 0.1) is 5.92 Å². The predicted octanol–water partition coefficient (Wildman–Crippen LogP) is 0.212. The van der Waals surface area contributed by atoms with Gasteiger partial charge in [0.25, 0.3) is 0 Å². The van der Waals surface area contributed by atoms with Crippen molar-refractivity contribution < 1.29 is 14.7 Å². The number of aliphatic carboxylic acids is 1. The lowest BCUT2D eigenvalue weighted by Gasteiger charge is -2.18. The number of amides is 1. The molecule has 1 unspecified atom stereocenters. The molecule has 0 saturated carbocycles. The van der Waals surface area contributed by atoms with E-state index in [1.165, 1.54) is 9.47 Å². The van der Waals surface area contributed by atoms with Crippen LogP contribution in [-0.4, -0.2) is 45.5 Å². The topological polar surface area (TPSA) is 92.5 Å². The Morgan fingerprint density at radius 3 is 2.38 bits per heavy atom. The molecule has 1 amide bonds. The molecule has 1 atom stereocenters. The van der Waals surface area contributed by atoms with Crippen molar-refractivity contribution in [3.05, 3.63) is 27.4 Å². The highest BCUT2D eigenvalue weighted by atomic mass is 16.4. The molecule has 0 aliphatic carbocycles. The van der Waals surface area contributed by atoms with Crippen LogP contribution in [0.15, 0.2) is 4.79 Å². The predicted molar refractivity (Wildman–Crippen MR) is 77.2 cm³/mol. The molecular formula is C14H21N3O4. The molecule has 1 aromatic heterocycles. The Morgan fingerprint density at radius 2 is 1.90 bits per heavy atom. The second kappa shape index (κ2) is 6.51. The fourth-order valence-corrected chi connectivity index (χ4v) is 1.99. The van der Waals surface area contributed by atoms with Crippen molar-refractivity contribution in [1.29, 1.82) is 0 Å². The molecule has 1 heterocycles. The van der Waals surface area contributed by atoms with Crippen LogP contribution in [0.4, 0.5) is 0 Å². The largest absolute Gasteiger partial charge is 0.481 e. The molecule has 0 aliphatic rings. The van der Waals surface area contributed by atoms with E-state index < -0.39 is 17.6 Å². The van der Waals surface area contributed by atoms with Gasteiger partial charge in [-0.2, -0.15) is 4.98 Å². The van der Waals surface area contributed by atoms with Crippen molar-refractivity contribution >= 4 is 11.9 Å². The average Bonchev–Trinajstić information content (AvgIpc) is 2.38. The summed E-state index contributed by atoms with van der Waals surface area (Å²) in [6, 6.07) is 0. The van der Waals surface area contributed by atoms with Crippen LogP contribution in [0, 0.1) is 19.8 Å². The van der Waals surface area contributed by atoms with Gasteiger partial charge in [-0.1, -0.05) is 6.92 Å². The second-order valence-electron chi connectivity index (χ2n) is 5.36. The molecule has 1 aromatic rings. The Morgan fingerprint density at radius 1 is 1.33 bits per heavy atom. The number of carbonyl (C=O) groups excluding carboxylic acids is 1. The van der Waals surface area contributed by atoms with E-state index in [9.17, 15) is 14.4 Å². The maximum Gasteiger partial charge on any atom is 0.348 e. The number of carboxylic acid groups (broad SMARTS) is 1. The summed E-state index contributed by atoms with van der Waals surface area (Å²) in [6.07, 6.45) is 0.274. The molecule has 1 N–H and O–H groups in total. The molecule has 21 heavy (non-hydrogen) atoms. The Balaban J connectivity index is 3.25. The highest BCUT2D eigenvalue weighted by Gasteiger charge is 2.19. The van der Waals surface area contributed by atoms with Crippen molar-refractivity contribution in [2.24, 2.45) is 5.92 Å². The zero-order valence-corrected chi connectivity index (χ0v) is 13.0. The molecule has 7 heteroatoms. The van der Waals surface area contributed by atoms with Gasteiger partial charge in [0, 0.05) is 25.5 Å². The average molecular weight is 295 g/mol. The first-order valence-corrected chi connectivity index (χ1v) is 6.65. The minimum atomic E-state index is -0.907. The molecular weight excluding hydrogens is 274 g/mol. The third-order valence-electron chi connectivity index (χ3n) is 3.50. The summed E-state index contributed by atoms with van der Waals surface area (Å²) in [5.41, 5.74) is 1.32. The number of carboxylic acids is 1. The minimum Gasteiger partial charge on any atom is -0.481 e. The molecule has 0 saturated heterocycles. The van der Waals surface area contributed by atoms with Crippen LogP contribution in [0.25, 0.3) is 0 Å². The van der Waals surface area contributed by atoms with Crippen LogP contribution in [0.3, 0.4) is 0 Å². The van der Waals surface area contributed by atoms with Gasteiger partial charge >= 0.3 is 11.7 Å². The van der Waals surface area contributed by atoms with Crippen LogP contribution in [-0.2, 0) is 22.6 Å². The minimum absolute atomic E-state index is 0.0978. The third kappa shape index (κ3) is 3.90. The van der Waals surface area contributed by atoms with Crippen molar-refractivity contribution in [1.82, 2.24) is 14.5 Å². The monoisotopic (exact) mass is 295 g/mol. The van der Waals surface area contributed by atoms with Crippen LogP contribution in [0.5, 0.6) is 0 Å². The van der Waals surface area contributed by atoms with Gasteiger partial charge in [-0.3, -0.25) is 14.2 Å². The molecule has 0 aromatic carbocycles. The molecule has 0 fully saturated rings. The number of likely N-dealkylation sites (N-methyl/N-ethyl adjacent to an activating group) is 1. The Kier molecular flexibility index (Phi) is 5.23. The summed E-state index contributed by atoms with van der Waals surface area (Å²) in [5.74, 6) is -1.71. The van der Waals surface area contributed by atoms with Gasteiger partial charge in [0.2, 0.25) is 5.91 Å². The first kappa shape index (κ1) is 16.9. The summed E-state index contributed by atoms with van der Waals surface area (Å²) in [6.45, 7) is 4.89. The Hall–Kier alpha value is -2.18. The van der Waals surface area contributed by atoms with E-state index in [1.54, 1.807) is 34.9 Å². The number of aromatic nitrogens is 2. The van der Waals surface area contributed by atoms with E-state index >= 15 is 0 Å². The first-order chi connectivity index (χ1) is 9.65. The fraction of sp³-hybridized carbons (Fsp3) is 0.571. The van der Waals surface area contributed by atoms with Crippen molar-refractivity contribution in [3.63, 3.8) is 0 Å². The Labute approximate surface area is 123 Å². The van der Waals surface area contributed by atoms with Crippen molar-refractivity contribution in [2.75, 3.05) is 14.1 Å². The lowest BCUT2D eigenvalue weighted by Crippen LogP contribution is -2.35. The number of rotatable bonds is 5. The Bertz CT molecular complexity index is 619. The normalized spacial score (nSPS) is 12.0. The summed E-state index contributed by atoms with van der Waals surface area (Å²) in [5, 5.41) is 9.02. The highest BCUT2D eigenvalue weighted by molar-refractivity contribution is 5.75. The number of nitrogens with zero attached hydrogens (tertiary/aromatic N) is 3. The number of hydrogen-bond donors (Lipinski definition) is 1. The smallest absolute Gasteiger partial charge is 0.348 e. The zero-order chi connectivity index (χ0) is 16.3. The second-order valence-corrected chi connectivity index (χ2v) is 5.36. The maximum atomic E-state index is 12.0. The van der Waals surface area contributed by atoms with Crippen molar-refractivity contribution in [3.8, 4) is 0 Å². The summed E-state index contributed by atoms with van der Waals surface area (Å²) in [4.78, 5) is 40.0. The zero-order valence-electron chi connectivity index (χ0n) is 13.0. The van der Waals surface area contributed by atoms with E-state index in [-0.39, 0.29) is 18.9 Å². The molecule has 7 nitrogen and oxygen atoms in total. The van der Waals surface area contributed by atoms with Gasteiger partial charge in [0.15, 0.2) is 0 Å². The standard InChI is InChI=1S/C14H21N3O4/c1-8(13(19)20)6-11-9(2)15-14(21)17(10(11)3)7-12(18)16(4)5/h8H,6-7H2,1-5H3,(H,19,20). The van der Waals surface area contributed by atoms with Crippen LogP contribution in [0.1, 0.15) is 23.9 Å². The van der Waals surface area contributed by atoms with Gasteiger partial charge in [0.1, 0.15) is 6.54 Å². The van der Waals surface area contributed by atoms with Gasteiger partial charge in [-0.05, 0) is 25.8 Å². The maximum absolute atomic E-state index is 12.0. The molecule has 0 bridgehead atoms. The summed E-state index contributed by atoms with van der Waals surface area (Å²) >= 11 is 0. The third-order valence-corrected chi connectivity index (χ3v) is 3.50. The number of aryl methyl sites for hydroxylation is 1. The van der Waals surface area contributed by atoms with E-state index in [4.69, 9.17) is 5.11 Å². The lowest BCUT2D eigenvalue weighted by molar-refractivity contribution is -0.141. The van der Waals surface area contributed by atoms with E-state index in [1.807, 2.05) is 0 Å². The SMILES string of the molecule is Cc1nc(=O)n(CC(=O)N(C)C)c(C)c1CC(C)C(=O)O. The summed E-state index contributed by atoms with van der Waals surface area (Å²) < 4.78 is 1.29. The first-order valence-electron chi connectivity index (χ1n) is 6.65. The highest BCUT2D eigenvalue weighted by Crippen LogP contribution is 2.15. The van der Waals surface area contributed by atoms with E-state index in [0.717, 1.165) is 0 Å². The molecule has 0 aliphatic heterocycles. The lowest BCUT2D eigenvalue weighted by atomic mass is 9.99. The molecule has 116 valence electrons. The van der Waals surface area contributed by atoms with E-state index in [2.05, 4.69) is 4.98 Å². The van der Waals surface area contributed by atoms with Crippen LogP contribution in [0.2, 0.25) is 0 Å². The van der Waals surface area contributed by atoms with Crippen LogP contribution < -0.4 is 5.69 Å². The number of carbonyl (C=O) groups is 2. The van der Waals surface area contributed by atoms with Crippen molar-refractivity contribution in [2.45, 2.75) is 33.7 Å².